The fourth-order valence-electron chi connectivity index (χ4n) is 2.38. The molecular weight excluding hydrogens is 364 g/mol. The second kappa shape index (κ2) is 8.81. The molecule has 0 amide bonds. The summed E-state index contributed by atoms with van der Waals surface area (Å²) in [5.74, 6) is -1.45. The number of anilines is 1. The van der Waals surface area contributed by atoms with E-state index in [1.165, 1.54) is 12.1 Å². The van der Waals surface area contributed by atoms with Crippen LogP contribution in [-0.2, 0) is 13.6 Å². The van der Waals surface area contributed by atoms with Crippen molar-refractivity contribution in [3.63, 3.8) is 0 Å². The van der Waals surface area contributed by atoms with Crippen molar-refractivity contribution in [3.8, 4) is 0 Å². The van der Waals surface area contributed by atoms with E-state index in [1.807, 2.05) is 31.2 Å². The molecular formula is C18H22ClFNO3P. The molecule has 0 aliphatic carbocycles. The smallest absolute Gasteiger partial charge is 0.357 e. The van der Waals surface area contributed by atoms with Gasteiger partial charge in [0.25, 0.3) is 0 Å². The number of aryl methyl sites for hydroxylation is 1. The van der Waals surface area contributed by atoms with Crippen molar-refractivity contribution in [1.82, 2.24) is 0 Å². The maximum atomic E-state index is 14.0. The van der Waals surface area contributed by atoms with Crippen molar-refractivity contribution in [2.45, 2.75) is 26.6 Å². The first-order chi connectivity index (χ1) is 11.9. The van der Waals surface area contributed by atoms with Crippen molar-refractivity contribution in [3.05, 3.63) is 64.4 Å². The third-order valence-corrected chi connectivity index (χ3v) is 6.15. The Morgan fingerprint density at radius 3 is 2.24 bits per heavy atom. The molecule has 1 N–H and O–H groups in total. The van der Waals surface area contributed by atoms with E-state index in [4.69, 9.17) is 20.6 Å². The van der Waals surface area contributed by atoms with Gasteiger partial charge in [-0.25, -0.2) is 4.39 Å². The molecule has 2 aromatic carbocycles. The number of hydrogen-bond acceptors (Lipinski definition) is 4. The summed E-state index contributed by atoms with van der Waals surface area (Å²) in [6, 6.07) is 11.9. The normalized spacial score (nSPS) is 12.8. The number of halogens is 2. The zero-order valence-electron chi connectivity index (χ0n) is 14.5. The minimum atomic E-state index is -3.58. The predicted molar refractivity (Wildman–Crippen MR) is 99.8 cm³/mol. The van der Waals surface area contributed by atoms with Gasteiger partial charge < -0.3 is 14.4 Å². The van der Waals surface area contributed by atoms with E-state index >= 15 is 0 Å². The summed E-state index contributed by atoms with van der Waals surface area (Å²) in [6.07, 6.45) is 0. The van der Waals surface area contributed by atoms with Crippen LogP contribution in [0.1, 0.15) is 30.8 Å². The van der Waals surface area contributed by atoms with Gasteiger partial charge in [0.1, 0.15) is 5.82 Å². The minimum absolute atomic E-state index is 0.000452. The van der Waals surface area contributed by atoms with Crippen molar-refractivity contribution in [2.75, 3.05) is 18.5 Å². The Hall–Kier alpha value is -1.39. The van der Waals surface area contributed by atoms with Gasteiger partial charge in [0, 0.05) is 5.69 Å². The molecule has 0 aliphatic rings. The van der Waals surface area contributed by atoms with Crippen LogP contribution >= 0.6 is 19.2 Å². The maximum Gasteiger partial charge on any atom is 0.357 e. The summed E-state index contributed by atoms with van der Waals surface area (Å²) in [5, 5.41) is 3.16. The SMILES string of the molecule is CCOP(=O)(OCC)C(Nc1ccc(C)cc1)c1ccc(Cl)c(F)c1. The molecule has 0 aliphatic heterocycles. The lowest BCUT2D eigenvalue weighted by atomic mass is 10.2. The number of hydrogen-bond donors (Lipinski definition) is 1. The summed E-state index contributed by atoms with van der Waals surface area (Å²) in [5.41, 5.74) is 2.26. The summed E-state index contributed by atoms with van der Waals surface area (Å²) >= 11 is 5.77. The first kappa shape index (κ1) is 19.9. The third kappa shape index (κ3) is 5.05. The van der Waals surface area contributed by atoms with E-state index < -0.39 is 19.2 Å². The van der Waals surface area contributed by atoms with Crippen LogP contribution < -0.4 is 5.32 Å². The molecule has 2 aromatic rings. The van der Waals surface area contributed by atoms with E-state index in [2.05, 4.69) is 5.32 Å². The Balaban J connectivity index is 2.47. The van der Waals surface area contributed by atoms with Crippen molar-refractivity contribution >= 4 is 24.9 Å². The van der Waals surface area contributed by atoms with Gasteiger partial charge in [-0.1, -0.05) is 35.4 Å². The van der Waals surface area contributed by atoms with E-state index in [-0.39, 0.29) is 18.2 Å². The summed E-state index contributed by atoms with van der Waals surface area (Å²) < 4.78 is 38.2. The summed E-state index contributed by atoms with van der Waals surface area (Å²) in [4.78, 5) is 0. The van der Waals surface area contributed by atoms with Crippen LogP contribution in [-0.4, -0.2) is 13.2 Å². The predicted octanol–water partition coefficient (Wildman–Crippen LogP) is 6.16. The quantitative estimate of drug-likeness (QED) is 0.552. The molecule has 0 bridgehead atoms. The lowest BCUT2D eigenvalue weighted by Crippen LogP contribution is -2.15. The van der Waals surface area contributed by atoms with Gasteiger partial charge in [0.2, 0.25) is 0 Å². The van der Waals surface area contributed by atoms with Gasteiger partial charge in [-0.05, 0) is 50.6 Å². The second-order valence-corrected chi connectivity index (χ2v) is 7.98. The Bertz CT molecular complexity index is 744. The Kier molecular flexibility index (Phi) is 7.03. The van der Waals surface area contributed by atoms with Crippen LogP contribution in [0.3, 0.4) is 0 Å². The highest BCUT2D eigenvalue weighted by Gasteiger charge is 2.37. The number of rotatable bonds is 8. The van der Waals surface area contributed by atoms with Crippen LogP contribution in [0.25, 0.3) is 0 Å². The molecule has 4 nitrogen and oxygen atoms in total. The van der Waals surface area contributed by atoms with Gasteiger partial charge in [-0.15, -0.1) is 0 Å². The van der Waals surface area contributed by atoms with Crippen LogP contribution in [0.2, 0.25) is 5.02 Å². The number of nitrogens with one attached hydrogen (secondary N) is 1. The highest BCUT2D eigenvalue weighted by Crippen LogP contribution is 2.60. The molecule has 1 unspecified atom stereocenters. The molecule has 7 heteroatoms. The van der Waals surface area contributed by atoms with Gasteiger partial charge >= 0.3 is 7.60 Å². The van der Waals surface area contributed by atoms with Crippen LogP contribution in [0.4, 0.5) is 10.1 Å². The van der Waals surface area contributed by atoms with Crippen molar-refractivity contribution in [1.29, 1.82) is 0 Å². The fraction of sp³-hybridized carbons (Fsp3) is 0.333. The molecule has 136 valence electrons. The zero-order chi connectivity index (χ0) is 18.4. The van der Waals surface area contributed by atoms with Crippen LogP contribution in [0.15, 0.2) is 42.5 Å². The molecule has 25 heavy (non-hydrogen) atoms. The van der Waals surface area contributed by atoms with Gasteiger partial charge in [-0.3, -0.25) is 4.57 Å². The molecule has 0 spiro atoms. The summed E-state index contributed by atoms with van der Waals surface area (Å²) in [7, 11) is -3.58. The molecule has 2 rings (SSSR count). The average Bonchev–Trinajstić information content (AvgIpc) is 2.57. The number of benzene rings is 2. The molecule has 1 atom stereocenters. The Morgan fingerprint density at radius 2 is 1.72 bits per heavy atom. The molecule has 0 heterocycles. The Labute approximate surface area is 152 Å². The van der Waals surface area contributed by atoms with Crippen LogP contribution in [0.5, 0.6) is 0 Å². The Morgan fingerprint density at radius 1 is 1.12 bits per heavy atom. The zero-order valence-corrected chi connectivity index (χ0v) is 16.1. The van der Waals surface area contributed by atoms with Gasteiger partial charge in [0.15, 0.2) is 5.78 Å². The highest BCUT2D eigenvalue weighted by atomic mass is 35.5. The standard InChI is InChI=1S/C18H22ClFNO3P/c1-4-23-25(22,24-5-2)18(14-8-11-16(19)17(20)12-14)21-15-9-6-13(3)7-10-15/h6-12,18,21H,4-5H2,1-3H3. The molecule has 0 saturated heterocycles. The molecule has 0 radical (unpaired) electrons. The molecule has 0 aromatic heterocycles. The van der Waals surface area contributed by atoms with Crippen LogP contribution in [0, 0.1) is 12.7 Å². The first-order valence-electron chi connectivity index (χ1n) is 8.06. The average molecular weight is 386 g/mol. The second-order valence-electron chi connectivity index (χ2n) is 5.46. The van der Waals surface area contributed by atoms with E-state index in [0.717, 1.165) is 11.3 Å². The van der Waals surface area contributed by atoms with E-state index in [0.29, 0.717) is 5.56 Å². The lowest BCUT2D eigenvalue weighted by Gasteiger charge is -2.28. The minimum Gasteiger partial charge on any atom is -0.368 e. The summed E-state index contributed by atoms with van der Waals surface area (Å²) in [6.45, 7) is 5.86. The highest BCUT2D eigenvalue weighted by molar-refractivity contribution is 7.54. The lowest BCUT2D eigenvalue weighted by molar-refractivity contribution is 0.214. The van der Waals surface area contributed by atoms with Crippen molar-refractivity contribution < 1.29 is 18.0 Å². The van der Waals surface area contributed by atoms with Gasteiger partial charge in [0.05, 0.1) is 18.2 Å². The van der Waals surface area contributed by atoms with Crippen molar-refractivity contribution in [2.24, 2.45) is 0 Å². The largest absolute Gasteiger partial charge is 0.368 e. The molecule has 0 fully saturated rings. The fourth-order valence-corrected chi connectivity index (χ4v) is 4.42. The molecule has 0 saturated carbocycles. The first-order valence-corrected chi connectivity index (χ1v) is 10.1. The van der Waals surface area contributed by atoms with E-state index in [9.17, 15) is 8.96 Å². The third-order valence-electron chi connectivity index (χ3n) is 3.55. The van der Waals surface area contributed by atoms with E-state index in [1.54, 1.807) is 19.9 Å². The van der Waals surface area contributed by atoms with Gasteiger partial charge in [-0.2, -0.15) is 0 Å². The topological polar surface area (TPSA) is 47.6 Å². The maximum absolute atomic E-state index is 14.0. The monoisotopic (exact) mass is 385 g/mol.